The molecule has 0 bridgehead atoms. The lowest BCUT2D eigenvalue weighted by atomic mass is 10.1. The molecule has 0 aromatic heterocycles. The van der Waals surface area contributed by atoms with Gasteiger partial charge in [0.05, 0.1) is 6.54 Å². The standard InChI is InChI=1S/C14H23N3O/c1-5-8-15-10-14(18)16-13-7-6-12(17(3)4)9-11(13)2/h6-7,9,15H,5,8,10H2,1-4H3,(H,16,18). The van der Waals surface area contributed by atoms with E-state index in [4.69, 9.17) is 0 Å². The van der Waals surface area contributed by atoms with Crippen molar-refractivity contribution in [2.75, 3.05) is 37.4 Å². The van der Waals surface area contributed by atoms with Crippen molar-refractivity contribution >= 4 is 17.3 Å². The highest BCUT2D eigenvalue weighted by Crippen LogP contribution is 2.21. The largest absolute Gasteiger partial charge is 0.378 e. The predicted octanol–water partition coefficient (Wildman–Crippen LogP) is 2.00. The summed E-state index contributed by atoms with van der Waals surface area (Å²) in [5, 5.41) is 6.00. The van der Waals surface area contributed by atoms with Gasteiger partial charge in [-0.2, -0.15) is 0 Å². The Hall–Kier alpha value is -1.55. The van der Waals surface area contributed by atoms with Crippen LogP contribution >= 0.6 is 0 Å². The van der Waals surface area contributed by atoms with Crippen LogP contribution in [0.4, 0.5) is 11.4 Å². The van der Waals surface area contributed by atoms with E-state index in [0.29, 0.717) is 6.54 Å². The lowest BCUT2D eigenvalue weighted by Crippen LogP contribution is -2.28. The first-order chi connectivity index (χ1) is 8.54. The van der Waals surface area contributed by atoms with E-state index in [1.807, 2.05) is 38.1 Å². The van der Waals surface area contributed by atoms with E-state index in [1.54, 1.807) is 0 Å². The van der Waals surface area contributed by atoms with Gasteiger partial charge in [0.25, 0.3) is 0 Å². The number of hydrogen-bond acceptors (Lipinski definition) is 3. The average molecular weight is 249 g/mol. The molecule has 18 heavy (non-hydrogen) atoms. The third-order valence-corrected chi connectivity index (χ3v) is 2.71. The Morgan fingerprint density at radius 2 is 2.06 bits per heavy atom. The Morgan fingerprint density at radius 3 is 2.61 bits per heavy atom. The minimum absolute atomic E-state index is 0.00385. The second-order valence-corrected chi connectivity index (χ2v) is 4.62. The van der Waals surface area contributed by atoms with Gasteiger partial charge < -0.3 is 15.5 Å². The lowest BCUT2D eigenvalue weighted by molar-refractivity contribution is -0.115. The van der Waals surface area contributed by atoms with Gasteiger partial charge in [-0.25, -0.2) is 0 Å². The van der Waals surface area contributed by atoms with Crippen LogP contribution in [0.2, 0.25) is 0 Å². The summed E-state index contributed by atoms with van der Waals surface area (Å²) in [5.74, 6) is 0.00385. The molecular weight excluding hydrogens is 226 g/mol. The van der Waals surface area contributed by atoms with Crippen LogP contribution in [0.1, 0.15) is 18.9 Å². The second-order valence-electron chi connectivity index (χ2n) is 4.62. The molecule has 1 aromatic rings. The second kappa shape index (κ2) is 7.01. The highest BCUT2D eigenvalue weighted by molar-refractivity contribution is 5.93. The molecule has 0 unspecified atom stereocenters. The lowest BCUT2D eigenvalue weighted by Gasteiger charge is -2.15. The van der Waals surface area contributed by atoms with Crippen LogP contribution in [0.15, 0.2) is 18.2 Å². The number of hydrogen-bond donors (Lipinski definition) is 2. The zero-order valence-corrected chi connectivity index (χ0v) is 11.7. The molecule has 4 heteroatoms. The minimum atomic E-state index is 0.00385. The number of nitrogens with one attached hydrogen (secondary N) is 2. The van der Waals surface area contributed by atoms with Crippen molar-refractivity contribution in [2.45, 2.75) is 20.3 Å². The molecule has 4 nitrogen and oxygen atoms in total. The third kappa shape index (κ3) is 4.37. The summed E-state index contributed by atoms with van der Waals surface area (Å²) in [7, 11) is 4.00. The van der Waals surface area contributed by atoms with Gasteiger partial charge in [-0.3, -0.25) is 4.79 Å². The molecule has 0 heterocycles. The molecular formula is C14H23N3O. The summed E-state index contributed by atoms with van der Waals surface area (Å²) >= 11 is 0. The molecule has 1 rings (SSSR count). The first-order valence-corrected chi connectivity index (χ1v) is 6.33. The average Bonchev–Trinajstić information content (AvgIpc) is 2.32. The number of anilines is 2. The molecule has 0 radical (unpaired) electrons. The van der Waals surface area contributed by atoms with E-state index in [9.17, 15) is 4.79 Å². The monoisotopic (exact) mass is 249 g/mol. The van der Waals surface area contributed by atoms with E-state index in [1.165, 1.54) is 0 Å². The van der Waals surface area contributed by atoms with Crippen molar-refractivity contribution in [2.24, 2.45) is 0 Å². The summed E-state index contributed by atoms with van der Waals surface area (Å²) in [6.07, 6.45) is 1.03. The summed E-state index contributed by atoms with van der Waals surface area (Å²) in [6, 6.07) is 6.01. The van der Waals surface area contributed by atoms with Crippen LogP contribution in [0, 0.1) is 6.92 Å². The minimum Gasteiger partial charge on any atom is -0.378 e. The number of nitrogens with zero attached hydrogens (tertiary/aromatic N) is 1. The molecule has 1 amide bonds. The fourth-order valence-corrected chi connectivity index (χ4v) is 1.64. The first kappa shape index (κ1) is 14.5. The Morgan fingerprint density at radius 1 is 1.33 bits per heavy atom. The maximum Gasteiger partial charge on any atom is 0.238 e. The van der Waals surface area contributed by atoms with E-state index < -0.39 is 0 Å². The molecule has 0 saturated heterocycles. The van der Waals surface area contributed by atoms with Crippen molar-refractivity contribution < 1.29 is 4.79 Å². The van der Waals surface area contributed by atoms with Crippen LogP contribution in [-0.4, -0.2) is 33.1 Å². The van der Waals surface area contributed by atoms with Crippen LogP contribution in [-0.2, 0) is 4.79 Å². The molecule has 0 saturated carbocycles. The Balaban J connectivity index is 2.59. The van der Waals surface area contributed by atoms with E-state index in [-0.39, 0.29) is 5.91 Å². The number of carbonyl (C=O) groups excluding carboxylic acids is 1. The van der Waals surface area contributed by atoms with Gasteiger partial charge in [-0.15, -0.1) is 0 Å². The Kier molecular flexibility index (Phi) is 5.65. The van der Waals surface area contributed by atoms with Gasteiger partial charge in [0.2, 0.25) is 5.91 Å². The fraction of sp³-hybridized carbons (Fsp3) is 0.500. The molecule has 0 aliphatic carbocycles. The van der Waals surface area contributed by atoms with Gasteiger partial charge in [-0.05, 0) is 43.7 Å². The third-order valence-electron chi connectivity index (χ3n) is 2.71. The zero-order chi connectivity index (χ0) is 13.5. The maximum atomic E-state index is 11.7. The van der Waals surface area contributed by atoms with Crippen LogP contribution in [0.3, 0.4) is 0 Å². The van der Waals surface area contributed by atoms with Crippen molar-refractivity contribution in [3.8, 4) is 0 Å². The smallest absolute Gasteiger partial charge is 0.238 e. The van der Waals surface area contributed by atoms with Gasteiger partial charge >= 0.3 is 0 Å². The summed E-state index contributed by atoms with van der Waals surface area (Å²) in [4.78, 5) is 13.7. The highest BCUT2D eigenvalue weighted by Gasteiger charge is 2.05. The van der Waals surface area contributed by atoms with Crippen molar-refractivity contribution in [1.29, 1.82) is 0 Å². The number of aryl methyl sites for hydroxylation is 1. The fourth-order valence-electron chi connectivity index (χ4n) is 1.64. The number of benzene rings is 1. The van der Waals surface area contributed by atoms with Gasteiger partial charge in [0.1, 0.15) is 0 Å². The molecule has 0 atom stereocenters. The van der Waals surface area contributed by atoms with Crippen molar-refractivity contribution in [3.05, 3.63) is 23.8 Å². The maximum absolute atomic E-state index is 11.7. The quantitative estimate of drug-likeness (QED) is 0.758. The van der Waals surface area contributed by atoms with Gasteiger partial charge in [0, 0.05) is 25.5 Å². The number of carbonyl (C=O) groups is 1. The topological polar surface area (TPSA) is 44.4 Å². The van der Waals surface area contributed by atoms with Crippen LogP contribution < -0.4 is 15.5 Å². The predicted molar refractivity (Wildman–Crippen MR) is 77.3 cm³/mol. The molecule has 2 N–H and O–H groups in total. The van der Waals surface area contributed by atoms with Crippen LogP contribution in [0.25, 0.3) is 0 Å². The van der Waals surface area contributed by atoms with Crippen molar-refractivity contribution in [3.63, 3.8) is 0 Å². The number of amides is 1. The van der Waals surface area contributed by atoms with E-state index >= 15 is 0 Å². The normalized spacial score (nSPS) is 10.2. The summed E-state index contributed by atoms with van der Waals surface area (Å²) in [5.41, 5.74) is 3.09. The summed E-state index contributed by atoms with van der Waals surface area (Å²) in [6.45, 7) is 5.31. The zero-order valence-electron chi connectivity index (χ0n) is 11.7. The molecule has 100 valence electrons. The molecule has 0 aliphatic rings. The highest BCUT2D eigenvalue weighted by atomic mass is 16.1. The Bertz CT molecular complexity index is 402. The molecule has 0 fully saturated rings. The molecule has 1 aromatic carbocycles. The molecule has 0 aliphatic heterocycles. The SMILES string of the molecule is CCCNCC(=O)Nc1ccc(N(C)C)cc1C. The first-order valence-electron chi connectivity index (χ1n) is 6.33. The Labute approximate surface area is 109 Å². The summed E-state index contributed by atoms with van der Waals surface area (Å²) < 4.78 is 0. The van der Waals surface area contributed by atoms with E-state index in [0.717, 1.165) is 29.9 Å². The van der Waals surface area contributed by atoms with E-state index in [2.05, 4.69) is 23.6 Å². The van der Waals surface area contributed by atoms with Crippen molar-refractivity contribution in [1.82, 2.24) is 5.32 Å². The number of rotatable bonds is 6. The van der Waals surface area contributed by atoms with Gasteiger partial charge in [0.15, 0.2) is 0 Å². The van der Waals surface area contributed by atoms with Crippen LogP contribution in [0.5, 0.6) is 0 Å². The molecule has 0 spiro atoms. The van der Waals surface area contributed by atoms with Gasteiger partial charge in [-0.1, -0.05) is 6.92 Å².